The molecule has 0 aliphatic heterocycles. The summed E-state index contributed by atoms with van der Waals surface area (Å²) in [5.41, 5.74) is 2.78. The highest BCUT2D eigenvalue weighted by atomic mass is 35.5. The third kappa shape index (κ3) is 6.03. The SMILES string of the molecule is C=CCNC(=O)c1ccccc1NC(=O)c1ccc(Cl)c(S(=O)(=O)Nc2cc(C)cc(C)c2)c1. The lowest BCUT2D eigenvalue weighted by molar-refractivity contribution is 0.0959. The van der Waals surface area contributed by atoms with Crippen LogP contribution in [0, 0.1) is 13.8 Å². The first-order valence-electron chi connectivity index (χ1n) is 10.3. The van der Waals surface area contributed by atoms with E-state index >= 15 is 0 Å². The molecule has 0 atom stereocenters. The molecular weight excluding hydrogens is 474 g/mol. The molecule has 0 aliphatic carbocycles. The molecule has 176 valence electrons. The van der Waals surface area contributed by atoms with E-state index < -0.39 is 15.9 Å². The number of aryl methyl sites for hydroxylation is 2. The third-order valence-corrected chi connectivity index (χ3v) is 6.65. The second-order valence-electron chi connectivity index (χ2n) is 7.63. The van der Waals surface area contributed by atoms with Gasteiger partial charge in [0.05, 0.1) is 16.3 Å². The molecule has 0 saturated carbocycles. The molecular formula is C25H24ClN3O4S. The van der Waals surface area contributed by atoms with Crippen molar-refractivity contribution in [2.24, 2.45) is 0 Å². The van der Waals surface area contributed by atoms with E-state index in [9.17, 15) is 18.0 Å². The van der Waals surface area contributed by atoms with Crippen LogP contribution in [0.5, 0.6) is 0 Å². The summed E-state index contributed by atoms with van der Waals surface area (Å²) >= 11 is 6.18. The number of hydrogen-bond donors (Lipinski definition) is 3. The Labute approximate surface area is 203 Å². The van der Waals surface area contributed by atoms with Gasteiger partial charge in [-0.15, -0.1) is 6.58 Å². The Kier molecular flexibility index (Phi) is 7.75. The van der Waals surface area contributed by atoms with E-state index in [1.807, 2.05) is 19.9 Å². The zero-order valence-corrected chi connectivity index (χ0v) is 20.3. The average Bonchev–Trinajstić information content (AvgIpc) is 2.76. The summed E-state index contributed by atoms with van der Waals surface area (Å²) in [7, 11) is -4.07. The molecule has 3 aromatic carbocycles. The zero-order valence-electron chi connectivity index (χ0n) is 18.7. The van der Waals surface area contributed by atoms with Crippen LogP contribution >= 0.6 is 11.6 Å². The summed E-state index contributed by atoms with van der Waals surface area (Å²) in [6.45, 7) is 7.55. The Balaban J connectivity index is 1.88. The predicted octanol–water partition coefficient (Wildman–Crippen LogP) is 4.93. The fraction of sp³-hybridized carbons (Fsp3) is 0.120. The average molecular weight is 498 g/mol. The van der Waals surface area contributed by atoms with Gasteiger partial charge in [0.15, 0.2) is 0 Å². The molecule has 3 rings (SSSR count). The maximum Gasteiger partial charge on any atom is 0.263 e. The van der Waals surface area contributed by atoms with Gasteiger partial charge in [-0.2, -0.15) is 0 Å². The van der Waals surface area contributed by atoms with Crippen molar-refractivity contribution in [2.45, 2.75) is 18.7 Å². The Bertz CT molecular complexity index is 1350. The number of nitrogens with one attached hydrogen (secondary N) is 3. The van der Waals surface area contributed by atoms with Crippen molar-refractivity contribution in [2.75, 3.05) is 16.6 Å². The summed E-state index contributed by atoms with van der Waals surface area (Å²) < 4.78 is 28.6. The van der Waals surface area contributed by atoms with Crippen LogP contribution in [0.15, 0.2) is 78.2 Å². The number of hydrogen-bond acceptors (Lipinski definition) is 4. The second kappa shape index (κ2) is 10.5. The first-order chi connectivity index (χ1) is 16.1. The number of amides is 2. The van der Waals surface area contributed by atoms with Crippen LogP contribution in [-0.4, -0.2) is 26.8 Å². The van der Waals surface area contributed by atoms with Gasteiger partial charge in [0.2, 0.25) is 0 Å². The van der Waals surface area contributed by atoms with Crippen LogP contribution in [0.1, 0.15) is 31.8 Å². The molecule has 0 radical (unpaired) electrons. The van der Waals surface area contributed by atoms with Crippen molar-refractivity contribution in [1.82, 2.24) is 5.32 Å². The van der Waals surface area contributed by atoms with Gasteiger partial charge in [0, 0.05) is 17.8 Å². The predicted molar refractivity (Wildman–Crippen MR) is 135 cm³/mol. The standard InChI is InChI=1S/C25H24ClN3O4S/c1-4-11-27-25(31)20-7-5-6-8-22(20)28-24(30)18-9-10-21(26)23(15-18)34(32,33)29-19-13-16(2)12-17(3)14-19/h4-10,12-15,29H,1,11H2,2-3H3,(H,27,31)(H,28,30). The second-order valence-corrected chi connectivity index (χ2v) is 9.68. The van der Waals surface area contributed by atoms with Crippen LogP contribution in [-0.2, 0) is 10.0 Å². The molecule has 9 heteroatoms. The number of para-hydroxylation sites is 1. The highest BCUT2D eigenvalue weighted by molar-refractivity contribution is 7.92. The maximum absolute atomic E-state index is 13.0. The minimum absolute atomic E-state index is 0.0300. The summed E-state index contributed by atoms with van der Waals surface area (Å²) in [5, 5.41) is 5.29. The number of rotatable bonds is 8. The van der Waals surface area contributed by atoms with Crippen molar-refractivity contribution in [3.63, 3.8) is 0 Å². The normalized spacial score (nSPS) is 10.9. The lowest BCUT2D eigenvalue weighted by Gasteiger charge is -2.13. The van der Waals surface area contributed by atoms with Crippen LogP contribution < -0.4 is 15.4 Å². The summed E-state index contributed by atoms with van der Waals surface area (Å²) in [4.78, 5) is 25.1. The van der Waals surface area contributed by atoms with E-state index in [4.69, 9.17) is 11.6 Å². The fourth-order valence-corrected chi connectivity index (χ4v) is 4.91. The van der Waals surface area contributed by atoms with E-state index in [0.717, 1.165) is 11.1 Å². The Hall–Kier alpha value is -3.62. The molecule has 0 saturated heterocycles. The molecule has 0 aromatic heterocycles. The lowest BCUT2D eigenvalue weighted by Crippen LogP contribution is -2.25. The molecule has 0 aliphatic rings. The van der Waals surface area contributed by atoms with Crippen molar-refractivity contribution in [1.29, 1.82) is 0 Å². The fourth-order valence-electron chi connectivity index (χ4n) is 3.34. The molecule has 2 amide bonds. The quantitative estimate of drug-likeness (QED) is 0.384. The van der Waals surface area contributed by atoms with Crippen molar-refractivity contribution in [3.05, 3.63) is 101 Å². The zero-order chi connectivity index (χ0) is 24.9. The highest BCUT2D eigenvalue weighted by Gasteiger charge is 2.21. The number of benzene rings is 3. The number of carbonyl (C=O) groups excluding carboxylic acids is 2. The largest absolute Gasteiger partial charge is 0.349 e. The Morgan fingerprint density at radius 1 is 0.971 bits per heavy atom. The van der Waals surface area contributed by atoms with Crippen molar-refractivity contribution in [3.8, 4) is 0 Å². The molecule has 0 spiro atoms. The molecule has 0 unspecified atom stereocenters. The number of carbonyl (C=O) groups is 2. The van der Waals surface area contributed by atoms with E-state index in [1.165, 1.54) is 18.2 Å². The topological polar surface area (TPSA) is 104 Å². The Morgan fingerprint density at radius 2 is 1.65 bits per heavy atom. The van der Waals surface area contributed by atoms with E-state index in [0.29, 0.717) is 5.69 Å². The maximum atomic E-state index is 13.0. The summed E-state index contributed by atoms with van der Waals surface area (Å²) in [6.07, 6.45) is 1.54. The van der Waals surface area contributed by atoms with Gasteiger partial charge in [-0.25, -0.2) is 8.42 Å². The number of sulfonamides is 1. The molecule has 3 N–H and O–H groups in total. The van der Waals surface area contributed by atoms with Crippen LogP contribution in [0.3, 0.4) is 0 Å². The minimum Gasteiger partial charge on any atom is -0.349 e. The first-order valence-corrected chi connectivity index (χ1v) is 12.2. The van der Waals surface area contributed by atoms with E-state index in [-0.39, 0.29) is 39.2 Å². The monoisotopic (exact) mass is 497 g/mol. The van der Waals surface area contributed by atoms with E-state index in [1.54, 1.807) is 42.5 Å². The van der Waals surface area contributed by atoms with Gasteiger partial charge in [-0.1, -0.05) is 35.9 Å². The number of halogens is 1. The van der Waals surface area contributed by atoms with Gasteiger partial charge in [-0.3, -0.25) is 14.3 Å². The molecule has 34 heavy (non-hydrogen) atoms. The van der Waals surface area contributed by atoms with Gasteiger partial charge >= 0.3 is 0 Å². The molecule has 0 fully saturated rings. The van der Waals surface area contributed by atoms with Crippen LogP contribution in [0.4, 0.5) is 11.4 Å². The summed E-state index contributed by atoms with van der Waals surface area (Å²) in [6, 6.07) is 15.8. The van der Waals surface area contributed by atoms with E-state index in [2.05, 4.69) is 21.9 Å². The Morgan fingerprint density at radius 3 is 2.32 bits per heavy atom. The summed E-state index contributed by atoms with van der Waals surface area (Å²) in [5.74, 6) is -0.976. The van der Waals surface area contributed by atoms with Crippen molar-refractivity contribution < 1.29 is 18.0 Å². The van der Waals surface area contributed by atoms with Crippen molar-refractivity contribution >= 4 is 44.8 Å². The third-order valence-electron chi connectivity index (χ3n) is 4.78. The molecule has 3 aromatic rings. The minimum atomic E-state index is -4.07. The van der Waals surface area contributed by atoms with Gasteiger partial charge in [-0.05, 0) is 67.4 Å². The van der Waals surface area contributed by atoms with Gasteiger partial charge < -0.3 is 10.6 Å². The van der Waals surface area contributed by atoms with Crippen LogP contribution in [0.25, 0.3) is 0 Å². The van der Waals surface area contributed by atoms with Gasteiger partial charge in [0.25, 0.3) is 21.8 Å². The number of anilines is 2. The highest BCUT2D eigenvalue weighted by Crippen LogP contribution is 2.26. The molecule has 0 heterocycles. The smallest absolute Gasteiger partial charge is 0.263 e. The lowest BCUT2D eigenvalue weighted by atomic mass is 10.1. The molecule has 0 bridgehead atoms. The van der Waals surface area contributed by atoms with Crippen LogP contribution in [0.2, 0.25) is 5.02 Å². The van der Waals surface area contributed by atoms with Gasteiger partial charge in [0.1, 0.15) is 4.90 Å². The molecule has 7 nitrogen and oxygen atoms in total. The first kappa shape index (κ1) is 25.0.